The van der Waals surface area contributed by atoms with Gasteiger partial charge < -0.3 is 0 Å². The topological polar surface area (TPSA) is 50.3 Å². The van der Waals surface area contributed by atoms with Crippen molar-refractivity contribution in [1.29, 1.82) is 0 Å². The average Bonchev–Trinajstić information content (AvgIpc) is 2.64. The summed E-state index contributed by atoms with van der Waals surface area (Å²) in [6.45, 7) is 4.13. The molecule has 0 N–H and O–H groups in total. The van der Waals surface area contributed by atoms with Crippen LogP contribution in [0.15, 0.2) is 36.4 Å². The second kappa shape index (κ2) is 4.56. The molecule has 1 aliphatic heterocycles. The lowest BCUT2D eigenvalue weighted by Crippen LogP contribution is -2.29. The maximum atomic E-state index is 12.1. The van der Waals surface area contributed by atoms with Gasteiger partial charge in [-0.3, -0.25) is 19.5 Å². The standard InChI is InChI=1S/C16H14N2O2/c1-10-6-7-14-13(8-10)15(19)16(20)18(14)9-12-5-3-4-11(2)17-12/h3-8H,9H2,1-2H3. The van der Waals surface area contributed by atoms with E-state index in [1.807, 2.05) is 44.2 Å². The third kappa shape index (κ3) is 1.99. The normalized spacial score (nSPS) is 13.8. The van der Waals surface area contributed by atoms with E-state index in [2.05, 4.69) is 4.98 Å². The molecule has 0 saturated heterocycles. The molecule has 0 atom stereocenters. The van der Waals surface area contributed by atoms with E-state index in [-0.39, 0.29) is 0 Å². The first-order valence-electron chi connectivity index (χ1n) is 6.45. The van der Waals surface area contributed by atoms with Crippen LogP contribution in [0, 0.1) is 13.8 Å². The van der Waals surface area contributed by atoms with Crippen LogP contribution in [0.25, 0.3) is 0 Å². The van der Waals surface area contributed by atoms with Crippen LogP contribution in [0.3, 0.4) is 0 Å². The molecule has 1 aromatic heterocycles. The van der Waals surface area contributed by atoms with Gasteiger partial charge in [0.2, 0.25) is 0 Å². The molecule has 0 saturated carbocycles. The Morgan fingerprint density at radius 3 is 2.65 bits per heavy atom. The van der Waals surface area contributed by atoms with Crippen LogP contribution >= 0.6 is 0 Å². The minimum absolute atomic E-state index is 0.322. The van der Waals surface area contributed by atoms with Crippen LogP contribution in [-0.4, -0.2) is 16.7 Å². The molecule has 3 rings (SSSR count). The second-order valence-corrected chi connectivity index (χ2v) is 5.01. The van der Waals surface area contributed by atoms with Crippen LogP contribution < -0.4 is 4.90 Å². The van der Waals surface area contributed by atoms with Gasteiger partial charge in [-0.05, 0) is 38.1 Å². The average molecular weight is 266 g/mol. The lowest BCUT2D eigenvalue weighted by molar-refractivity contribution is -0.114. The number of anilines is 1. The number of pyridine rings is 1. The summed E-state index contributed by atoms with van der Waals surface area (Å²) in [6, 6.07) is 11.1. The second-order valence-electron chi connectivity index (χ2n) is 5.01. The molecule has 0 unspecified atom stereocenters. The Labute approximate surface area is 117 Å². The van der Waals surface area contributed by atoms with E-state index in [1.54, 1.807) is 6.07 Å². The van der Waals surface area contributed by atoms with E-state index in [1.165, 1.54) is 4.90 Å². The van der Waals surface area contributed by atoms with Crippen LogP contribution in [0.1, 0.15) is 27.3 Å². The smallest absolute Gasteiger partial charge is 0.299 e. The van der Waals surface area contributed by atoms with Crippen LogP contribution in [0.4, 0.5) is 5.69 Å². The van der Waals surface area contributed by atoms with Gasteiger partial charge in [-0.25, -0.2) is 0 Å². The molecule has 1 amide bonds. The van der Waals surface area contributed by atoms with Crippen molar-refractivity contribution in [3.8, 4) is 0 Å². The number of benzene rings is 1. The summed E-state index contributed by atoms with van der Waals surface area (Å²) in [4.78, 5) is 30.0. The van der Waals surface area contributed by atoms with Crippen LogP contribution in [0.2, 0.25) is 0 Å². The Morgan fingerprint density at radius 2 is 1.90 bits per heavy atom. The zero-order chi connectivity index (χ0) is 14.3. The number of rotatable bonds is 2. The predicted molar refractivity (Wildman–Crippen MR) is 75.7 cm³/mol. The van der Waals surface area contributed by atoms with Crippen molar-refractivity contribution in [2.75, 3.05) is 4.90 Å². The quantitative estimate of drug-likeness (QED) is 0.784. The maximum absolute atomic E-state index is 12.1. The third-order valence-corrected chi connectivity index (χ3v) is 3.39. The summed E-state index contributed by atoms with van der Waals surface area (Å²) in [7, 11) is 0. The lowest BCUT2D eigenvalue weighted by atomic mass is 10.1. The van der Waals surface area contributed by atoms with Crippen LogP contribution in [0.5, 0.6) is 0 Å². The van der Waals surface area contributed by atoms with Gasteiger partial charge in [-0.1, -0.05) is 17.7 Å². The number of aryl methyl sites for hydroxylation is 2. The lowest BCUT2D eigenvalue weighted by Gasteiger charge is -2.16. The SMILES string of the molecule is Cc1ccc2c(c1)C(=O)C(=O)N2Cc1cccc(C)n1. The summed E-state index contributed by atoms with van der Waals surface area (Å²) in [5.41, 5.74) is 3.81. The molecule has 4 nitrogen and oxygen atoms in total. The Morgan fingerprint density at radius 1 is 1.10 bits per heavy atom. The van der Waals surface area contributed by atoms with Gasteiger partial charge in [0, 0.05) is 5.69 Å². The van der Waals surface area contributed by atoms with Crippen molar-refractivity contribution in [1.82, 2.24) is 4.98 Å². The molecule has 0 spiro atoms. The van der Waals surface area contributed by atoms with E-state index in [0.29, 0.717) is 17.8 Å². The van der Waals surface area contributed by atoms with Crippen molar-refractivity contribution >= 4 is 17.4 Å². The molecular formula is C16H14N2O2. The Kier molecular flexibility index (Phi) is 2.86. The van der Waals surface area contributed by atoms with Gasteiger partial charge in [0.25, 0.3) is 11.7 Å². The summed E-state index contributed by atoms with van der Waals surface area (Å²) in [6.07, 6.45) is 0. The van der Waals surface area contributed by atoms with Crippen molar-refractivity contribution in [3.05, 3.63) is 58.9 Å². The fourth-order valence-electron chi connectivity index (χ4n) is 2.42. The van der Waals surface area contributed by atoms with Crippen LogP contribution in [-0.2, 0) is 11.3 Å². The van der Waals surface area contributed by atoms with Gasteiger partial charge in [-0.2, -0.15) is 0 Å². The highest BCUT2D eigenvalue weighted by atomic mass is 16.2. The number of amides is 1. The molecule has 1 aliphatic rings. The van der Waals surface area contributed by atoms with E-state index >= 15 is 0 Å². The van der Waals surface area contributed by atoms with E-state index in [0.717, 1.165) is 17.0 Å². The van der Waals surface area contributed by atoms with Crippen molar-refractivity contribution < 1.29 is 9.59 Å². The first kappa shape index (κ1) is 12.5. The monoisotopic (exact) mass is 266 g/mol. The molecule has 4 heteroatoms. The number of ketones is 1. The molecular weight excluding hydrogens is 252 g/mol. The molecule has 1 aromatic carbocycles. The molecule has 0 radical (unpaired) electrons. The van der Waals surface area contributed by atoms with Gasteiger partial charge in [0.15, 0.2) is 0 Å². The highest BCUT2D eigenvalue weighted by Crippen LogP contribution is 2.30. The van der Waals surface area contributed by atoms with E-state index in [9.17, 15) is 9.59 Å². The molecule has 100 valence electrons. The Balaban J connectivity index is 1.99. The minimum atomic E-state index is -0.478. The zero-order valence-corrected chi connectivity index (χ0v) is 11.4. The Bertz CT molecular complexity index is 722. The highest BCUT2D eigenvalue weighted by molar-refractivity contribution is 6.52. The van der Waals surface area contributed by atoms with Gasteiger partial charge >= 0.3 is 0 Å². The molecule has 0 bridgehead atoms. The number of carbonyl (C=O) groups is 2. The van der Waals surface area contributed by atoms with Gasteiger partial charge in [0.05, 0.1) is 23.5 Å². The molecule has 0 aliphatic carbocycles. The minimum Gasteiger partial charge on any atom is -0.299 e. The first-order valence-corrected chi connectivity index (χ1v) is 6.45. The fourth-order valence-corrected chi connectivity index (χ4v) is 2.42. The summed E-state index contributed by atoms with van der Waals surface area (Å²) >= 11 is 0. The maximum Gasteiger partial charge on any atom is 0.299 e. The van der Waals surface area contributed by atoms with Gasteiger partial charge in [-0.15, -0.1) is 0 Å². The highest BCUT2D eigenvalue weighted by Gasteiger charge is 2.35. The molecule has 0 fully saturated rings. The van der Waals surface area contributed by atoms with Gasteiger partial charge in [0.1, 0.15) is 0 Å². The number of hydrogen-bond acceptors (Lipinski definition) is 3. The number of aromatic nitrogens is 1. The molecule has 20 heavy (non-hydrogen) atoms. The number of Topliss-reactive ketones (excluding diaryl/α,β-unsaturated/α-hetero) is 1. The fraction of sp³-hybridized carbons (Fsp3) is 0.188. The zero-order valence-electron chi connectivity index (χ0n) is 11.4. The first-order chi connectivity index (χ1) is 9.56. The Hall–Kier alpha value is -2.49. The van der Waals surface area contributed by atoms with Crippen molar-refractivity contribution in [2.24, 2.45) is 0 Å². The number of hydrogen-bond donors (Lipinski definition) is 0. The van der Waals surface area contributed by atoms with E-state index in [4.69, 9.17) is 0 Å². The van der Waals surface area contributed by atoms with Crippen molar-refractivity contribution in [3.63, 3.8) is 0 Å². The molecule has 2 aromatic rings. The number of carbonyl (C=O) groups excluding carboxylic acids is 2. The predicted octanol–water partition coefficient (Wildman–Crippen LogP) is 2.43. The number of nitrogens with zero attached hydrogens (tertiary/aromatic N) is 2. The van der Waals surface area contributed by atoms with E-state index < -0.39 is 11.7 Å². The summed E-state index contributed by atoms with van der Waals surface area (Å²) in [5.74, 6) is -0.912. The molecule has 2 heterocycles. The summed E-state index contributed by atoms with van der Waals surface area (Å²) < 4.78 is 0. The third-order valence-electron chi connectivity index (χ3n) is 3.39. The summed E-state index contributed by atoms with van der Waals surface area (Å²) in [5, 5.41) is 0. The van der Waals surface area contributed by atoms with Crippen molar-refractivity contribution in [2.45, 2.75) is 20.4 Å². The number of fused-ring (bicyclic) bond motifs is 1. The largest absolute Gasteiger partial charge is 0.299 e.